The average Bonchev–Trinajstić information content (AvgIpc) is 2.82. The molecule has 0 fully saturated rings. The van der Waals surface area contributed by atoms with Crippen LogP contribution in [0.2, 0.25) is 0 Å². The van der Waals surface area contributed by atoms with E-state index in [4.69, 9.17) is 13.8 Å². The van der Waals surface area contributed by atoms with Crippen LogP contribution in [0.5, 0.6) is 0 Å². The maximum atomic E-state index is 11.8. The Morgan fingerprint density at radius 3 is 1.17 bits per heavy atom. The first-order valence-electron chi connectivity index (χ1n) is 14.8. The number of phosphoric acid groups is 1. The van der Waals surface area contributed by atoms with Gasteiger partial charge < -0.3 is 18.7 Å². The van der Waals surface area contributed by atoms with E-state index in [1.165, 1.54) is 116 Å². The Morgan fingerprint density at radius 1 is 0.457 bits per heavy atom. The molecule has 35 heavy (non-hydrogen) atoms. The van der Waals surface area contributed by atoms with Gasteiger partial charge in [0.25, 0.3) is 7.82 Å². The SMILES string of the molecule is CCCCCCCCCCCCCOCCOP(=O)([O-])OCCCCCCCCCCCCC.[Na+]. The van der Waals surface area contributed by atoms with Crippen LogP contribution in [0.3, 0.4) is 0 Å². The van der Waals surface area contributed by atoms with Crippen molar-refractivity contribution >= 4 is 7.82 Å². The predicted octanol–water partition coefficient (Wildman–Crippen LogP) is 6.13. The van der Waals surface area contributed by atoms with Crippen molar-refractivity contribution in [1.82, 2.24) is 0 Å². The first-order chi connectivity index (χ1) is 16.6. The molecule has 0 aromatic carbocycles. The molecular formula is C28H58NaO5P. The molecule has 0 N–H and O–H groups in total. The van der Waals surface area contributed by atoms with Crippen molar-refractivity contribution in [2.45, 2.75) is 155 Å². The summed E-state index contributed by atoms with van der Waals surface area (Å²) in [7, 11) is -4.19. The predicted molar refractivity (Wildman–Crippen MR) is 143 cm³/mol. The maximum absolute atomic E-state index is 11.8. The quantitative estimate of drug-likeness (QED) is 0.0664. The molecule has 0 saturated carbocycles. The van der Waals surface area contributed by atoms with Gasteiger partial charge in [-0.05, 0) is 12.8 Å². The van der Waals surface area contributed by atoms with Crippen LogP contribution in [0.1, 0.15) is 155 Å². The van der Waals surface area contributed by atoms with Crippen molar-refractivity contribution < 1.29 is 52.8 Å². The second-order valence-corrected chi connectivity index (χ2v) is 11.2. The fraction of sp³-hybridized carbons (Fsp3) is 1.00. The third-order valence-electron chi connectivity index (χ3n) is 6.37. The minimum Gasteiger partial charge on any atom is -0.756 e. The van der Waals surface area contributed by atoms with E-state index in [0.717, 1.165) is 25.7 Å². The van der Waals surface area contributed by atoms with Crippen molar-refractivity contribution in [1.29, 1.82) is 0 Å². The van der Waals surface area contributed by atoms with Crippen LogP contribution in [-0.4, -0.2) is 26.4 Å². The first-order valence-corrected chi connectivity index (χ1v) is 16.3. The van der Waals surface area contributed by atoms with E-state index in [2.05, 4.69) is 13.8 Å². The van der Waals surface area contributed by atoms with Crippen LogP contribution in [-0.2, 0) is 18.3 Å². The van der Waals surface area contributed by atoms with Gasteiger partial charge in [-0.25, -0.2) is 0 Å². The smallest absolute Gasteiger partial charge is 0.756 e. The molecule has 7 heteroatoms. The molecule has 0 rings (SSSR count). The van der Waals surface area contributed by atoms with E-state index in [1.807, 2.05) is 0 Å². The molecule has 1 atom stereocenters. The largest absolute Gasteiger partial charge is 1.00 e. The van der Waals surface area contributed by atoms with E-state index >= 15 is 0 Å². The van der Waals surface area contributed by atoms with Gasteiger partial charge in [0.1, 0.15) is 0 Å². The van der Waals surface area contributed by atoms with Gasteiger partial charge >= 0.3 is 29.6 Å². The summed E-state index contributed by atoms with van der Waals surface area (Å²) in [6, 6.07) is 0. The maximum Gasteiger partial charge on any atom is 1.00 e. The Balaban J connectivity index is 0. The number of rotatable bonds is 29. The van der Waals surface area contributed by atoms with Gasteiger partial charge in [-0.15, -0.1) is 0 Å². The summed E-state index contributed by atoms with van der Waals surface area (Å²) in [4.78, 5) is 11.8. The van der Waals surface area contributed by atoms with Crippen molar-refractivity contribution in [2.75, 3.05) is 26.4 Å². The van der Waals surface area contributed by atoms with E-state index in [1.54, 1.807) is 0 Å². The van der Waals surface area contributed by atoms with Gasteiger partial charge in [-0.3, -0.25) is 4.57 Å². The van der Waals surface area contributed by atoms with Gasteiger partial charge in [0.15, 0.2) is 0 Å². The van der Waals surface area contributed by atoms with E-state index in [0.29, 0.717) is 13.2 Å². The molecule has 0 aliphatic rings. The average molecular weight is 529 g/mol. The van der Waals surface area contributed by atoms with Crippen LogP contribution in [0, 0.1) is 0 Å². The molecule has 0 spiro atoms. The minimum absolute atomic E-state index is 0. The number of unbranched alkanes of at least 4 members (excludes halogenated alkanes) is 20. The third-order valence-corrected chi connectivity index (χ3v) is 7.36. The zero-order valence-electron chi connectivity index (χ0n) is 23.9. The Bertz CT molecular complexity index is 440. The molecule has 0 radical (unpaired) electrons. The summed E-state index contributed by atoms with van der Waals surface area (Å²) in [5, 5.41) is 0. The molecular weight excluding hydrogens is 470 g/mol. The normalized spacial score (nSPS) is 13.0. The Morgan fingerprint density at radius 2 is 0.771 bits per heavy atom. The van der Waals surface area contributed by atoms with Gasteiger partial charge in [-0.2, -0.15) is 0 Å². The molecule has 0 heterocycles. The number of hydrogen-bond acceptors (Lipinski definition) is 5. The second-order valence-electron chi connectivity index (χ2n) is 9.80. The summed E-state index contributed by atoms with van der Waals surface area (Å²) in [5.74, 6) is 0. The van der Waals surface area contributed by atoms with Crippen molar-refractivity contribution in [3.63, 3.8) is 0 Å². The third kappa shape index (κ3) is 33.0. The van der Waals surface area contributed by atoms with Crippen LogP contribution >= 0.6 is 7.82 Å². The molecule has 0 aliphatic carbocycles. The van der Waals surface area contributed by atoms with Crippen LogP contribution in [0.25, 0.3) is 0 Å². The fourth-order valence-corrected chi connectivity index (χ4v) is 4.88. The molecule has 0 aliphatic heterocycles. The monoisotopic (exact) mass is 528 g/mol. The van der Waals surface area contributed by atoms with Gasteiger partial charge in [0.2, 0.25) is 0 Å². The zero-order chi connectivity index (χ0) is 25.0. The van der Waals surface area contributed by atoms with E-state index < -0.39 is 7.82 Å². The second kappa shape index (κ2) is 31.3. The Kier molecular flexibility index (Phi) is 34.2. The Hall–Kier alpha value is 1.07. The number of hydrogen-bond donors (Lipinski definition) is 0. The van der Waals surface area contributed by atoms with Gasteiger partial charge in [-0.1, -0.05) is 142 Å². The molecule has 5 nitrogen and oxygen atoms in total. The van der Waals surface area contributed by atoms with Crippen LogP contribution < -0.4 is 34.5 Å². The van der Waals surface area contributed by atoms with Gasteiger partial charge in [0.05, 0.1) is 19.8 Å². The van der Waals surface area contributed by atoms with Crippen LogP contribution in [0.4, 0.5) is 0 Å². The first kappa shape index (κ1) is 38.2. The minimum atomic E-state index is -4.19. The summed E-state index contributed by atoms with van der Waals surface area (Å²) < 4.78 is 27.1. The molecule has 0 aromatic rings. The summed E-state index contributed by atoms with van der Waals surface area (Å²) >= 11 is 0. The molecule has 206 valence electrons. The van der Waals surface area contributed by atoms with Crippen molar-refractivity contribution in [3.8, 4) is 0 Å². The summed E-state index contributed by atoms with van der Waals surface area (Å²) in [5.41, 5.74) is 0. The fourth-order valence-electron chi connectivity index (χ4n) is 4.16. The van der Waals surface area contributed by atoms with Crippen molar-refractivity contribution in [2.24, 2.45) is 0 Å². The van der Waals surface area contributed by atoms with Crippen molar-refractivity contribution in [3.05, 3.63) is 0 Å². The van der Waals surface area contributed by atoms with Gasteiger partial charge in [0, 0.05) is 6.61 Å². The molecule has 0 amide bonds. The molecule has 1 unspecified atom stereocenters. The van der Waals surface area contributed by atoms with E-state index in [9.17, 15) is 9.46 Å². The number of phosphoric ester groups is 1. The van der Waals surface area contributed by atoms with E-state index in [-0.39, 0.29) is 42.8 Å². The molecule has 0 bridgehead atoms. The number of ether oxygens (including phenoxy) is 1. The molecule has 0 saturated heterocycles. The summed E-state index contributed by atoms with van der Waals surface area (Å²) in [6.07, 6.45) is 27.9. The van der Waals surface area contributed by atoms with Crippen LogP contribution in [0.15, 0.2) is 0 Å². The molecule has 0 aromatic heterocycles. The topological polar surface area (TPSA) is 67.8 Å². The zero-order valence-corrected chi connectivity index (χ0v) is 26.8. The Labute approximate surface area is 241 Å². The standard InChI is InChI=1S/C28H59O5P.Na/c1-3-5-7-9-11-13-15-17-19-21-23-25-31-27-28-33-34(29,30)32-26-24-22-20-18-16-14-12-10-8-6-4-2;/h3-28H2,1-2H3,(H,29,30);/q;+1/p-1. The summed E-state index contributed by atoms with van der Waals surface area (Å²) in [6.45, 7) is 5.73.